The minimum Gasteiger partial charge on any atom is -0.494 e. The summed E-state index contributed by atoms with van der Waals surface area (Å²) >= 11 is 1.52. The minimum absolute atomic E-state index is 0.211. The fourth-order valence-corrected chi connectivity index (χ4v) is 2.17. The second kappa shape index (κ2) is 7.06. The third-order valence-electron chi connectivity index (χ3n) is 2.09. The van der Waals surface area contributed by atoms with E-state index < -0.39 is 0 Å². The Balaban J connectivity index is 2.56. The summed E-state index contributed by atoms with van der Waals surface area (Å²) in [5.41, 5.74) is 6.54. The van der Waals surface area contributed by atoms with Crippen LogP contribution >= 0.6 is 11.8 Å². The average Bonchev–Trinajstić information content (AvgIpc) is 2.33. The highest BCUT2D eigenvalue weighted by Gasteiger charge is 2.05. The van der Waals surface area contributed by atoms with Gasteiger partial charge in [0.25, 0.3) is 0 Å². The SMILES string of the molecule is CCOc1ccc(N)c(SCCC(=O)OC)c1. The van der Waals surface area contributed by atoms with Crippen LogP contribution in [0.1, 0.15) is 13.3 Å². The normalized spacial score (nSPS) is 10.0. The van der Waals surface area contributed by atoms with E-state index in [9.17, 15) is 4.79 Å². The molecule has 5 heteroatoms. The molecule has 0 spiro atoms. The van der Waals surface area contributed by atoms with Crippen molar-refractivity contribution < 1.29 is 14.3 Å². The first kappa shape index (κ1) is 13.7. The van der Waals surface area contributed by atoms with Crippen molar-refractivity contribution in [2.24, 2.45) is 0 Å². The largest absolute Gasteiger partial charge is 0.494 e. The monoisotopic (exact) mass is 255 g/mol. The van der Waals surface area contributed by atoms with E-state index in [1.807, 2.05) is 25.1 Å². The van der Waals surface area contributed by atoms with Crippen molar-refractivity contribution >= 4 is 23.4 Å². The number of carbonyl (C=O) groups excluding carboxylic acids is 1. The van der Waals surface area contributed by atoms with Crippen molar-refractivity contribution in [3.05, 3.63) is 18.2 Å². The molecule has 0 amide bonds. The summed E-state index contributed by atoms with van der Waals surface area (Å²) in [5, 5.41) is 0. The molecule has 0 atom stereocenters. The van der Waals surface area contributed by atoms with Crippen LogP contribution in [-0.2, 0) is 9.53 Å². The first-order valence-electron chi connectivity index (χ1n) is 5.39. The van der Waals surface area contributed by atoms with Crippen molar-refractivity contribution in [1.82, 2.24) is 0 Å². The molecular formula is C12H17NO3S. The third kappa shape index (κ3) is 4.56. The number of nitrogens with two attached hydrogens (primary N) is 1. The van der Waals surface area contributed by atoms with Gasteiger partial charge in [0.2, 0.25) is 0 Å². The molecule has 94 valence electrons. The van der Waals surface area contributed by atoms with Crippen LogP contribution in [0.2, 0.25) is 0 Å². The Labute approximate surface area is 105 Å². The van der Waals surface area contributed by atoms with E-state index >= 15 is 0 Å². The summed E-state index contributed by atoms with van der Waals surface area (Å²) in [7, 11) is 1.39. The molecule has 0 radical (unpaired) electrons. The Bertz CT molecular complexity index is 382. The first-order valence-corrected chi connectivity index (χ1v) is 6.38. The van der Waals surface area contributed by atoms with Gasteiger partial charge in [-0.25, -0.2) is 0 Å². The highest BCUT2D eigenvalue weighted by molar-refractivity contribution is 7.99. The molecule has 0 saturated heterocycles. The molecule has 0 fully saturated rings. The zero-order valence-corrected chi connectivity index (χ0v) is 10.9. The molecule has 0 unspecified atom stereocenters. The van der Waals surface area contributed by atoms with Crippen LogP contribution in [-0.4, -0.2) is 25.4 Å². The lowest BCUT2D eigenvalue weighted by Crippen LogP contribution is -2.01. The van der Waals surface area contributed by atoms with Crippen LogP contribution in [0.5, 0.6) is 5.75 Å². The Hall–Kier alpha value is -1.36. The Morgan fingerprint density at radius 2 is 2.24 bits per heavy atom. The predicted octanol–water partition coefficient (Wildman–Crippen LogP) is 2.32. The van der Waals surface area contributed by atoms with Gasteiger partial charge in [-0.05, 0) is 25.1 Å². The van der Waals surface area contributed by atoms with Gasteiger partial charge in [0.1, 0.15) is 5.75 Å². The van der Waals surface area contributed by atoms with Crippen LogP contribution in [0.3, 0.4) is 0 Å². The molecule has 17 heavy (non-hydrogen) atoms. The zero-order valence-electron chi connectivity index (χ0n) is 10.1. The molecule has 1 aromatic carbocycles. The van der Waals surface area contributed by atoms with E-state index in [-0.39, 0.29) is 5.97 Å². The van der Waals surface area contributed by atoms with Gasteiger partial charge in [0.15, 0.2) is 0 Å². The van der Waals surface area contributed by atoms with Crippen LogP contribution in [0.15, 0.2) is 23.1 Å². The van der Waals surface area contributed by atoms with Crippen LogP contribution < -0.4 is 10.5 Å². The fourth-order valence-electron chi connectivity index (χ4n) is 1.24. The number of nitrogen functional groups attached to an aromatic ring is 1. The number of hydrogen-bond donors (Lipinski definition) is 1. The lowest BCUT2D eigenvalue weighted by atomic mass is 10.3. The molecule has 0 saturated carbocycles. The molecule has 1 rings (SSSR count). The maximum atomic E-state index is 11.0. The lowest BCUT2D eigenvalue weighted by molar-refractivity contribution is -0.140. The van der Waals surface area contributed by atoms with Gasteiger partial charge in [-0.15, -0.1) is 11.8 Å². The van der Waals surface area contributed by atoms with Gasteiger partial charge < -0.3 is 15.2 Å². The Morgan fingerprint density at radius 1 is 1.47 bits per heavy atom. The number of benzene rings is 1. The Morgan fingerprint density at radius 3 is 2.88 bits per heavy atom. The summed E-state index contributed by atoms with van der Waals surface area (Å²) in [5.74, 6) is 1.23. The molecule has 0 aromatic heterocycles. The van der Waals surface area contributed by atoms with E-state index in [4.69, 9.17) is 10.5 Å². The zero-order chi connectivity index (χ0) is 12.7. The molecular weight excluding hydrogens is 238 g/mol. The van der Waals surface area contributed by atoms with Gasteiger partial charge in [-0.1, -0.05) is 0 Å². The summed E-state index contributed by atoms with van der Waals surface area (Å²) in [6.45, 7) is 2.55. The van der Waals surface area contributed by atoms with Gasteiger partial charge in [-0.2, -0.15) is 0 Å². The summed E-state index contributed by atoms with van der Waals surface area (Å²) in [6.07, 6.45) is 0.374. The number of esters is 1. The van der Waals surface area contributed by atoms with Crippen LogP contribution in [0, 0.1) is 0 Å². The second-order valence-electron chi connectivity index (χ2n) is 3.31. The third-order valence-corrected chi connectivity index (χ3v) is 3.16. The van der Waals surface area contributed by atoms with Gasteiger partial charge in [0, 0.05) is 16.3 Å². The van der Waals surface area contributed by atoms with E-state index in [0.29, 0.717) is 24.5 Å². The van der Waals surface area contributed by atoms with Crippen LogP contribution in [0.4, 0.5) is 5.69 Å². The summed E-state index contributed by atoms with van der Waals surface area (Å²) in [6, 6.07) is 5.54. The van der Waals surface area contributed by atoms with E-state index in [0.717, 1.165) is 10.6 Å². The van der Waals surface area contributed by atoms with Gasteiger partial charge in [0.05, 0.1) is 20.1 Å². The number of carbonyl (C=O) groups is 1. The van der Waals surface area contributed by atoms with Crippen molar-refractivity contribution in [3.63, 3.8) is 0 Å². The molecule has 4 nitrogen and oxygen atoms in total. The minimum atomic E-state index is -0.211. The quantitative estimate of drug-likeness (QED) is 0.480. The van der Waals surface area contributed by atoms with E-state index in [1.54, 1.807) is 0 Å². The van der Waals surface area contributed by atoms with Crippen molar-refractivity contribution in [2.75, 3.05) is 25.2 Å². The predicted molar refractivity (Wildman–Crippen MR) is 69.4 cm³/mol. The highest BCUT2D eigenvalue weighted by Crippen LogP contribution is 2.29. The summed E-state index contributed by atoms with van der Waals surface area (Å²) < 4.78 is 9.96. The van der Waals surface area contributed by atoms with Crippen LogP contribution in [0.25, 0.3) is 0 Å². The topological polar surface area (TPSA) is 61.5 Å². The van der Waals surface area contributed by atoms with Crippen molar-refractivity contribution in [1.29, 1.82) is 0 Å². The molecule has 0 heterocycles. The number of anilines is 1. The van der Waals surface area contributed by atoms with E-state index in [1.165, 1.54) is 18.9 Å². The number of methoxy groups -OCH3 is 1. The molecule has 0 aliphatic heterocycles. The smallest absolute Gasteiger partial charge is 0.306 e. The highest BCUT2D eigenvalue weighted by atomic mass is 32.2. The molecule has 1 aromatic rings. The molecule has 0 aliphatic carbocycles. The number of rotatable bonds is 6. The Kier molecular flexibility index (Phi) is 5.69. The molecule has 0 aliphatic rings. The average molecular weight is 255 g/mol. The van der Waals surface area contributed by atoms with Crippen molar-refractivity contribution in [2.45, 2.75) is 18.2 Å². The summed E-state index contributed by atoms with van der Waals surface area (Å²) in [4.78, 5) is 11.9. The van der Waals surface area contributed by atoms with Gasteiger partial charge in [-0.3, -0.25) is 4.79 Å². The van der Waals surface area contributed by atoms with Crippen molar-refractivity contribution in [3.8, 4) is 5.75 Å². The number of hydrogen-bond acceptors (Lipinski definition) is 5. The number of thioether (sulfide) groups is 1. The molecule has 0 bridgehead atoms. The van der Waals surface area contributed by atoms with E-state index in [2.05, 4.69) is 4.74 Å². The first-order chi connectivity index (χ1) is 8.17. The number of ether oxygens (including phenoxy) is 2. The standard InChI is InChI=1S/C12H17NO3S/c1-3-16-9-4-5-10(13)11(8-9)17-7-6-12(14)15-2/h4-5,8H,3,6-7,13H2,1-2H3. The van der Waals surface area contributed by atoms with Gasteiger partial charge >= 0.3 is 5.97 Å². The fraction of sp³-hybridized carbons (Fsp3) is 0.417. The maximum absolute atomic E-state index is 11.0. The second-order valence-corrected chi connectivity index (χ2v) is 4.44. The maximum Gasteiger partial charge on any atom is 0.306 e. The lowest BCUT2D eigenvalue weighted by Gasteiger charge is -2.08. The molecule has 2 N–H and O–H groups in total.